The van der Waals surface area contributed by atoms with Crippen LogP contribution in [0.3, 0.4) is 0 Å². The van der Waals surface area contributed by atoms with E-state index in [1.165, 1.54) is 6.20 Å². The van der Waals surface area contributed by atoms with Crippen molar-refractivity contribution in [2.45, 2.75) is 57.0 Å². The summed E-state index contributed by atoms with van der Waals surface area (Å²) in [5.41, 5.74) is 3.46. The molecular weight excluding hydrogens is 580 g/mol. The van der Waals surface area contributed by atoms with E-state index in [2.05, 4.69) is 15.2 Å². The van der Waals surface area contributed by atoms with Crippen LogP contribution in [-0.2, 0) is 16.8 Å². The van der Waals surface area contributed by atoms with Gasteiger partial charge in [0.05, 0.1) is 11.3 Å². The summed E-state index contributed by atoms with van der Waals surface area (Å²) in [6, 6.07) is 8.45. The molecule has 2 fully saturated rings. The molecule has 4 aromatic rings. The van der Waals surface area contributed by atoms with Crippen molar-refractivity contribution >= 4 is 46.4 Å². The lowest BCUT2D eigenvalue weighted by Gasteiger charge is -2.40. The highest BCUT2D eigenvalue weighted by atomic mass is 35.5. The van der Waals surface area contributed by atoms with Crippen LogP contribution in [0.1, 0.15) is 70.5 Å². The number of anilines is 1. The molecule has 8 rings (SSSR count). The largest absolute Gasteiger partial charge is 0.478 e. The zero-order chi connectivity index (χ0) is 28.4. The van der Waals surface area contributed by atoms with E-state index >= 15 is 4.39 Å². The second-order valence-corrected chi connectivity index (χ2v) is 12.4. The molecule has 0 unspecified atom stereocenters. The topological polar surface area (TPSA) is 99.8 Å². The van der Waals surface area contributed by atoms with Crippen molar-refractivity contribution in [3.05, 3.63) is 92.4 Å². The van der Waals surface area contributed by atoms with Gasteiger partial charge in [0.15, 0.2) is 11.0 Å². The molecule has 2 aliphatic carbocycles. The van der Waals surface area contributed by atoms with Crippen LogP contribution in [0.5, 0.6) is 0 Å². The van der Waals surface area contributed by atoms with Gasteiger partial charge in [0.1, 0.15) is 11.2 Å². The fourth-order valence-corrected chi connectivity index (χ4v) is 8.07. The average molecular weight is 609 g/mol. The summed E-state index contributed by atoms with van der Waals surface area (Å²) >= 11 is 12.6. The number of fused-ring (bicyclic) bond motifs is 7. The van der Waals surface area contributed by atoms with Crippen molar-refractivity contribution in [3.63, 3.8) is 0 Å². The molecule has 8 nitrogen and oxygen atoms in total. The number of hydrogen-bond donors (Lipinski definition) is 2. The molecule has 2 N–H and O–H groups in total. The van der Waals surface area contributed by atoms with Crippen molar-refractivity contribution in [1.82, 2.24) is 19.3 Å². The van der Waals surface area contributed by atoms with Gasteiger partial charge in [-0.25, -0.2) is 19.2 Å². The summed E-state index contributed by atoms with van der Waals surface area (Å²) in [7, 11) is 0. The van der Waals surface area contributed by atoms with Crippen LogP contribution in [0.4, 0.5) is 10.1 Å². The van der Waals surface area contributed by atoms with Gasteiger partial charge in [0, 0.05) is 70.8 Å². The molecule has 4 atom stereocenters. The molecule has 5 heterocycles. The standard InChI is InChI=1S/C30H24Cl2FN5O3.CH4/c1-13-16(28(39)40)7-9-37-21-11-20-22(25(21)36-27(13)37)23(17-6-8-34-26(32)24(17)33)30(38(20)12-14-2-3-14)18-5-4-15(31)10-19(18)35-29(30)41;/h4-10,14,20,22-23H,2-3,11-12H2,1H3,(H,35,41)(H,39,40);1H4/t20-,22+,23-,30+;/m0./s1. The Bertz CT molecular complexity index is 1840. The van der Waals surface area contributed by atoms with E-state index in [1.54, 1.807) is 37.4 Å². The number of nitrogens with zero attached hydrogens (tertiary/aromatic N) is 4. The number of pyridine rings is 2. The number of nitrogens with one attached hydrogen (secondary N) is 1. The molecule has 216 valence electrons. The number of aryl methyl sites for hydroxylation is 1. The number of likely N-dealkylation sites (tertiary alicyclic amines) is 1. The molecule has 1 amide bonds. The smallest absolute Gasteiger partial charge is 0.336 e. The Balaban J connectivity index is 0.00000288. The molecule has 4 aliphatic rings. The monoisotopic (exact) mass is 607 g/mol. The zero-order valence-electron chi connectivity index (χ0n) is 21.9. The molecule has 42 heavy (non-hydrogen) atoms. The van der Waals surface area contributed by atoms with Crippen LogP contribution in [0.25, 0.3) is 5.65 Å². The molecule has 0 bridgehead atoms. The lowest BCUT2D eigenvalue weighted by molar-refractivity contribution is -0.128. The molecule has 1 aromatic carbocycles. The number of carboxylic acid groups (broad SMARTS) is 1. The van der Waals surface area contributed by atoms with Gasteiger partial charge >= 0.3 is 5.97 Å². The number of carbonyl (C=O) groups is 2. The Labute approximate surface area is 251 Å². The Hall–Kier alpha value is -3.53. The van der Waals surface area contributed by atoms with E-state index in [-0.39, 0.29) is 36.0 Å². The summed E-state index contributed by atoms with van der Waals surface area (Å²) in [5.74, 6) is -2.50. The summed E-state index contributed by atoms with van der Waals surface area (Å²) < 4.78 is 18.0. The van der Waals surface area contributed by atoms with E-state index in [4.69, 9.17) is 28.2 Å². The SMILES string of the molecule is C.Cc1c(C(=O)O)ccn2c3c(nc12)[C@@H]1[C@H](C3)N(CC2CC2)[C@@]2(C(=O)Nc3cc(Cl)ccc32)[C@H]1c1ccnc(Cl)c1F. The maximum atomic E-state index is 16.0. The van der Waals surface area contributed by atoms with Crippen LogP contribution in [0.2, 0.25) is 10.2 Å². The highest BCUT2D eigenvalue weighted by Gasteiger charge is 2.69. The lowest BCUT2D eigenvalue weighted by Crippen LogP contribution is -2.53. The predicted molar refractivity (Wildman–Crippen MR) is 157 cm³/mol. The number of carbonyl (C=O) groups excluding carboxylic acids is 1. The average Bonchev–Trinajstić information content (AvgIpc) is 3.36. The lowest BCUT2D eigenvalue weighted by atomic mass is 9.71. The number of aromatic carboxylic acids is 1. The van der Waals surface area contributed by atoms with Gasteiger partial charge in [-0.2, -0.15) is 0 Å². The molecular formula is C31H28Cl2FN5O3. The molecule has 0 radical (unpaired) electrons. The first-order valence-electron chi connectivity index (χ1n) is 13.6. The van der Waals surface area contributed by atoms with Gasteiger partial charge in [0.25, 0.3) is 0 Å². The van der Waals surface area contributed by atoms with Gasteiger partial charge in [-0.1, -0.05) is 36.7 Å². The summed E-state index contributed by atoms with van der Waals surface area (Å²) in [4.78, 5) is 37.5. The maximum Gasteiger partial charge on any atom is 0.336 e. The molecule has 1 spiro atoms. The Morgan fingerprint density at radius 1 is 1.24 bits per heavy atom. The van der Waals surface area contributed by atoms with Gasteiger partial charge in [-0.05, 0) is 55.5 Å². The van der Waals surface area contributed by atoms with E-state index in [0.717, 1.165) is 29.8 Å². The second kappa shape index (κ2) is 9.23. The number of carboxylic acids is 1. The van der Waals surface area contributed by atoms with Crippen LogP contribution in [0, 0.1) is 18.7 Å². The molecule has 11 heteroatoms. The van der Waals surface area contributed by atoms with Gasteiger partial charge < -0.3 is 14.8 Å². The number of halogens is 3. The Kier molecular flexibility index (Phi) is 6.00. The number of rotatable bonds is 4. The van der Waals surface area contributed by atoms with Gasteiger partial charge in [-0.3, -0.25) is 9.69 Å². The third kappa shape index (κ3) is 3.44. The van der Waals surface area contributed by atoms with E-state index in [0.29, 0.717) is 46.4 Å². The molecule has 2 aliphatic heterocycles. The van der Waals surface area contributed by atoms with Crippen molar-refractivity contribution in [2.75, 3.05) is 11.9 Å². The summed E-state index contributed by atoms with van der Waals surface area (Å²) in [6.45, 7) is 2.43. The maximum absolute atomic E-state index is 16.0. The quantitative estimate of drug-likeness (QED) is 0.269. The number of hydrogen-bond acceptors (Lipinski definition) is 5. The molecule has 1 saturated heterocycles. The minimum atomic E-state index is -1.22. The second-order valence-electron chi connectivity index (χ2n) is 11.6. The number of amides is 1. The minimum absolute atomic E-state index is 0. The zero-order valence-corrected chi connectivity index (χ0v) is 23.4. The highest BCUT2D eigenvalue weighted by molar-refractivity contribution is 6.31. The van der Waals surface area contributed by atoms with Crippen LogP contribution < -0.4 is 5.32 Å². The third-order valence-electron chi connectivity index (χ3n) is 9.55. The van der Waals surface area contributed by atoms with Crippen molar-refractivity contribution in [3.8, 4) is 0 Å². The normalized spacial score (nSPS) is 25.8. The molecule has 3 aromatic heterocycles. The fraction of sp³-hybridized carbons (Fsp3) is 0.355. The van der Waals surface area contributed by atoms with Crippen LogP contribution in [-0.4, -0.2) is 48.8 Å². The van der Waals surface area contributed by atoms with Crippen LogP contribution in [0.15, 0.2) is 42.7 Å². The highest BCUT2D eigenvalue weighted by Crippen LogP contribution is 2.65. The first kappa shape index (κ1) is 27.3. The van der Waals surface area contributed by atoms with Gasteiger partial charge in [-0.15, -0.1) is 0 Å². The Morgan fingerprint density at radius 3 is 2.76 bits per heavy atom. The minimum Gasteiger partial charge on any atom is -0.478 e. The fourth-order valence-electron chi connectivity index (χ4n) is 7.73. The van der Waals surface area contributed by atoms with Crippen LogP contribution >= 0.6 is 23.2 Å². The summed E-state index contributed by atoms with van der Waals surface area (Å²) in [5, 5.41) is 13.0. The number of imidazole rings is 1. The summed E-state index contributed by atoms with van der Waals surface area (Å²) in [6.07, 6.45) is 5.95. The first-order chi connectivity index (χ1) is 19.7. The van der Waals surface area contributed by atoms with E-state index < -0.39 is 23.2 Å². The Morgan fingerprint density at radius 2 is 2.02 bits per heavy atom. The van der Waals surface area contributed by atoms with Crippen molar-refractivity contribution in [1.29, 1.82) is 0 Å². The van der Waals surface area contributed by atoms with E-state index in [1.807, 2.05) is 10.5 Å². The first-order valence-corrected chi connectivity index (χ1v) is 14.4. The van der Waals surface area contributed by atoms with Crippen molar-refractivity contribution in [2.24, 2.45) is 5.92 Å². The number of aromatic nitrogens is 3. The molecule has 1 saturated carbocycles. The van der Waals surface area contributed by atoms with E-state index in [9.17, 15) is 14.7 Å². The third-order valence-corrected chi connectivity index (χ3v) is 10.0. The predicted octanol–water partition coefficient (Wildman–Crippen LogP) is 6.18. The number of benzene rings is 1. The van der Waals surface area contributed by atoms with Gasteiger partial charge in [0.2, 0.25) is 5.91 Å². The van der Waals surface area contributed by atoms with Crippen molar-refractivity contribution < 1.29 is 19.1 Å².